The molecule has 0 aliphatic rings. The number of H-pyrrole nitrogens is 2. The first-order valence-corrected chi connectivity index (χ1v) is 15.7. The Labute approximate surface area is 311 Å². The summed E-state index contributed by atoms with van der Waals surface area (Å²) in [5, 5.41) is 11.1. The van der Waals surface area contributed by atoms with E-state index in [2.05, 4.69) is 51.2 Å². The molecule has 21 heteroatoms. The number of nitrogens with one attached hydrogen (secondary N) is 4. The van der Waals surface area contributed by atoms with E-state index in [4.69, 9.17) is 5.21 Å². The highest BCUT2D eigenvalue weighted by molar-refractivity contribution is 9.10. The third kappa shape index (κ3) is 10.8. The summed E-state index contributed by atoms with van der Waals surface area (Å²) in [6.07, 6.45) is 0. The number of carbonyl (C=O) groups excluding carboxylic acids is 5. The lowest BCUT2D eigenvalue weighted by Crippen LogP contribution is -2.32. The summed E-state index contributed by atoms with van der Waals surface area (Å²) in [7, 11) is 7.99. The van der Waals surface area contributed by atoms with E-state index in [1.165, 1.54) is 90.4 Å². The minimum Gasteiger partial charge on any atom is -0.465 e. The van der Waals surface area contributed by atoms with E-state index in [9.17, 15) is 43.2 Å². The van der Waals surface area contributed by atoms with Crippen molar-refractivity contribution in [3.63, 3.8) is 0 Å². The van der Waals surface area contributed by atoms with Gasteiger partial charge in [0.05, 0.1) is 59.8 Å². The molecule has 0 fully saturated rings. The second-order valence-electron chi connectivity index (χ2n) is 10.3. The lowest BCUT2D eigenvalue weighted by atomic mass is 10.1. The predicted octanol–water partition coefficient (Wildman–Crippen LogP) is 0.666. The number of nitrogens with two attached hydrogens (primary N) is 1. The van der Waals surface area contributed by atoms with Crippen LogP contribution in [0.2, 0.25) is 0 Å². The molecule has 0 saturated carbocycles. The van der Waals surface area contributed by atoms with Gasteiger partial charge < -0.3 is 35.2 Å². The van der Waals surface area contributed by atoms with Crippen molar-refractivity contribution in [3.05, 3.63) is 123 Å². The average molecular weight is 817 g/mol. The van der Waals surface area contributed by atoms with E-state index >= 15 is 0 Å². The van der Waals surface area contributed by atoms with Crippen LogP contribution in [0.4, 0.5) is 4.79 Å². The Kier molecular flexibility index (Phi) is 15.8. The Morgan fingerprint density at radius 3 is 1.48 bits per heavy atom. The minimum absolute atomic E-state index is 0.129. The van der Waals surface area contributed by atoms with Crippen LogP contribution in [-0.4, -0.2) is 82.5 Å². The van der Waals surface area contributed by atoms with Crippen LogP contribution in [0.1, 0.15) is 41.4 Å². The molecule has 2 aromatic heterocycles. The van der Waals surface area contributed by atoms with Crippen LogP contribution in [0.15, 0.2) is 78.2 Å². The number of methoxy groups -OCH3 is 3. The number of aromatic amines is 2. The molecule has 0 spiro atoms. The lowest BCUT2D eigenvalue weighted by Gasteiger charge is -2.04. The molecule has 3 amide bonds. The van der Waals surface area contributed by atoms with Crippen molar-refractivity contribution < 1.29 is 43.4 Å². The maximum absolute atomic E-state index is 11.8. The van der Waals surface area contributed by atoms with Crippen LogP contribution in [0.25, 0.3) is 21.8 Å². The summed E-state index contributed by atoms with van der Waals surface area (Å²) in [6, 6.07) is 12.6. The molecular weight excluding hydrogens is 782 g/mol. The molecule has 5 aromatic rings. The molecule has 0 unspecified atom stereocenters. The zero-order chi connectivity index (χ0) is 40.9. The van der Waals surface area contributed by atoms with E-state index in [-0.39, 0.29) is 21.9 Å². The molecule has 286 valence electrons. The lowest BCUT2D eigenvalue weighted by molar-refractivity contribution is 0.0587. The van der Waals surface area contributed by atoms with Gasteiger partial charge in [-0.05, 0) is 70.5 Å². The summed E-state index contributed by atoms with van der Waals surface area (Å²) in [5.74, 6) is -2.25. The van der Waals surface area contributed by atoms with E-state index in [0.717, 1.165) is 9.13 Å². The number of nitrogens with zero attached hydrogens (tertiary/aromatic N) is 2. The molecule has 5 rings (SSSR count). The van der Waals surface area contributed by atoms with Gasteiger partial charge in [-0.15, -0.1) is 0 Å². The number of hydrogen-bond donors (Lipinski definition) is 6. The highest BCUT2D eigenvalue weighted by Crippen LogP contribution is 2.19. The number of aromatic nitrogens is 4. The fraction of sp³-hybridized carbons (Fsp3) is 0.182. The number of amides is 3. The number of esters is 3. The molecule has 0 aliphatic heterocycles. The topological polar surface area (TPSA) is 293 Å². The van der Waals surface area contributed by atoms with Gasteiger partial charge in [-0.1, -0.05) is 0 Å². The van der Waals surface area contributed by atoms with Gasteiger partial charge >= 0.3 is 35.3 Å². The number of urea groups is 1. The molecule has 3 aromatic carbocycles. The van der Waals surface area contributed by atoms with Crippen molar-refractivity contribution in [3.8, 4) is 0 Å². The molecular formula is C33H34BrN7O13. The van der Waals surface area contributed by atoms with Crippen molar-refractivity contribution >= 4 is 67.6 Å². The standard InChI is InChI=1S/C11H10N2O4.C10H9BrO4.C10H9N3O4.C2H6N2O/c1-13-9(14)7-5-6(10(15)17-2)3-4-8(7)12-11(13)16;1-14-9(12)6-3-4-8(11)7(5-6)10(13)15-2;1-13-9(15)6-4-5(8(14)12-17)2-3-7(6)11-10(13)16;1-4-2(3)5/h3-5H,1-2H3,(H,12,16);3-5H,1-2H3;2-4,17H,1H3,(H,11,16)(H,12,14);1H3,(H3,3,4,5). The molecule has 54 heavy (non-hydrogen) atoms. The van der Waals surface area contributed by atoms with Gasteiger partial charge in [0, 0.05) is 31.2 Å². The van der Waals surface area contributed by atoms with Crippen molar-refractivity contribution in [2.45, 2.75) is 0 Å². The zero-order valence-corrected chi connectivity index (χ0v) is 31.0. The minimum atomic E-state index is -0.722. The first-order chi connectivity index (χ1) is 25.4. The third-order valence-corrected chi connectivity index (χ3v) is 7.72. The molecule has 2 heterocycles. The molecule has 0 aliphatic carbocycles. The van der Waals surface area contributed by atoms with E-state index in [0.29, 0.717) is 26.6 Å². The highest BCUT2D eigenvalue weighted by Gasteiger charge is 2.15. The Balaban J connectivity index is 0.000000264. The molecule has 0 bridgehead atoms. The fourth-order valence-electron chi connectivity index (χ4n) is 4.09. The summed E-state index contributed by atoms with van der Waals surface area (Å²) >= 11 is 3.19. The van der Waals surface area contributed by atoms with Gasteiger partial charge in [0.2, 0.25) is 0 Å². The van der Waals surface area contributed by atoms with Gasteiger partial charge in [-0.3, -0.25) is 28.7 Å². The monoisotopic (exact) mass is 815 g/mol. The Morgan fingerprint density at radius 2 is 1.07 bits per heavy atom. The number of carbonyl (C=O) groups is 5. The molecule has 0 atom stereocenters. The van der Waals surface area contributed by atoms with Crippen molar-refractivity contribution in [2.75, 3.05) is 28.4 Å². The Morgan fingerprint density at radius 1 is 0.685 bits per heavy atom. The quantitative estimate of drug-likeness (QED) is 0.0630. The first-order valence-electron chi connectivity index (χ1n) is 14.9. The number of ether oxygens (including phenoxy) is 3. The Hall–Kier alpha value is -6.87. The molecule has 7 N–H and O–H groups in total. The number of halogens is 1. The van der Waals surface area contributed by atoms with Gasteiger partial charge in [0.15, 0.2) is 0 Å². The van der Waals surface area contributed by atoms with Gasteiger partial charge in [0.25, 0.3) is 17.0 Å². The Bertz CT molecular complexity index is 2340. The highest BCUT2D eigenvalue weighted by atomic mass is 79.9. The van der Waals surface area contributed by atoms with Crippen LogP contribution >= 0.6 is 15.9 Å². The normalized spacial score (nSPS) is 9.85. The maximum Gasteiger partial charge on any atom is 0.339 e. The van der Waals surface area contributed by atoms with Gasteiger partial charge in [-0.25, -0.2) is 34.2 Å². The number of hydroxylamine groups is 1. The number of rotatable bonds is 4. The predicted molar refractivity (Wildman–Crippen MR) is 196 cm³/mol. The molecule has 20 nitrogen and oxygen atoms in total. The maximum atomic E-state index is 11.8. The zero-order valence-electron chi connectivity index (χ0n) is 29.4. The fourth-order valence-corrected chi connectivity index (χ4v) is 4.50. The number of fused-ring (bicyclic) bond motifs is 2. The van der Waals surface area contributed by atoms with Crippen LogP contribution in [-0.2, 0) is 28.3 Å². The van der Waals surface area contributed by atoms with Crippen molar-refractivity contribution in [1.29, 1.82) is 0 Å². The SMILES string of the molecule is CNC(N)=O.COC(=O)c1ccc(Br)c(C(=O)OC)c1.COC(=O)c1ccc2[nH]c(=O)n(C)c(=O)c2c1.Cn1c(=O)[nH]c2ccc(C(=O)NO)cc2c1=O. The summed E-state index contributed by atoms with van der Waals surface area (Å²) < 4.78 is 16.1. The smallest absolute Gasteiger partial charge is 0.339 e. The van der Waals surface area contributed by atoms with Crippen molar-refractivity contribution in [2.24, 2.45) is 19.8 Å². The largest absolute Gasteiger partial charge is 0.465 e. The van der Waals surface area contributed by atoms with Crippen molar-refractivity contribution in [1.82, 2.24) is 29.9 Å². The van der Waals surface area contributed by atoms with Gasteiger partial charge in [0.1, 0.15) is 0 Å². The van der Waals surface area contributed by atoms with E-state index < -0.39 is 52.3 Å². The average Bonchev–Trinajstić information content (AvgIpc) is 3.18. The second kappa shape index (κ2) is 19.7. The van der Waals surface area contributed by atoms with Crippen LogP contribution in [0, 0.1) is 0 Å². The van der Waals surface area contributed by atoms with Crippen LogP contribution in [0.5, 0.6) is 0 Å². The third-order valence-electron chi connectivity index (χ3n) is 7.03. The number of primary amides is 1. The summed E-state index contributed by atoms with van der Waals surface area (Å²) in [4.78, 5) is 106. The van der Waals surface area contributed by atoms with Crippen LogP contribution < -0.4 is 39.0 Å². The summed E-state index contributed by atoms with van der Waals surface area (Å²) in [5.41, 5.74) is 5.77. The van der Waals surface area contributed by atoms with Gasteiger partial charge in [-0.2, -0.15) is 0 Å². The first kappa shape index (κ1) is 43.3. The molecule has 0 radical (unpaired) electrons. The van der Waals surface area contributed by atoms with E-state index in [1.807, 2.05) is 0 Å². The number of hydrogen-bond acceptors (Lipinski definition) is 13. The second-order valence-corrected chi connectivity index (χ2v) is 11.2. The van der Waals surface area contributed by atoms with Crippen LogP contribution in [0.3, 0.4) is 0 Å². The molecule has 0 saturated heterocycles. The summed E-state index contributed by atoms with van der Waals surface area (Å²) in [6.45, 7) is 0. The van der Waals surface area contributed by atoms with E-state index in [1.54, 1.807) is 12.1 Å². The number of benzene rings is 3.